The van der Waals surface area contributed by atoms with Crippen LogP contribution in [0.5, 0.6) is 0 Å². The molecule has 18 heteroatoms. The first-order valence-corrected chi connectivity index (χ1v) is 24.2. The average molecular weight is 913 g/mol. The van der Waals surface area contributed by atoms with Crippen molar-refractivity contribution in [1.29, 1.82) is 0 Å². The zero-order chi connectivity index (χ0) is 46.3. The number of nitrogens with zero attached hydrogens (tertiary/aromatic N) is 10. The van der Waals surface area contributed by atoms with Gasteiger partial charge in [-0.15, -0.1) is 0 Å². The molecule has 1 unspecified atom stereocenters. The van der Waals surface area contributed by atoms with Crippen molar-refractivity contribution in [2.24, 2.45) is 5.92 Å². The van der Waals surface area contributed by atoms with Gasteiger partial charge in [-0.05, 0) is 106 Å². The van der Waals surface area contributed by atoms with E-state index in [1.807, 2.05) is 40.3 Å². The molecule has 18 nitrogen and oxygen atoms in total. The average Bonchev–Trinajstić information content (AvgIpc) is 3.99. The second-order valence-electron chi connectivity index (χ2n) is 19.2. The molecule has 0 bridgehead atoms. The topological polar surface area (TPSA) is 190 Å². The smallest absolute Gasteiger partial charge is 0.320 e. The lowest BCUT2D eigenvalue weighted by molar-refractivity contribution is -0.136. The molecule has 352 valence electrons. The van der Waals surface area contributed by atoms with Crippen LogP contribution in [0.4, 0.5) is 27.9 Å². The summed E-state index contributed by atoms with van der Waals surface area (Å²) in [5, 5.41) is 6.29. The van der Waals surface area contributed by atoms with Crippen LogP contribution in [0.25, 0.3) is 11.0 Å². The Bertz CT molecular complexity index is 2640. The number of rotatable bonds is 10. The van der Waals surface area contributed by atoms with Gasteiger partial charge in [-0.25, -0.2) is 14.8 Å². The number of hydrogen-bond acceptors (Lipinski definition) is 13. The van der Waals surface area contributed by atoms with Gasteiger partial charge in [0.25, 0.3) is 11.5 Å². The lowest BCUT2D eigenvalue weighted by Crippen LogP contribution is -2.54. The Hall–Kier alpha value is -6.43. The SMILES string of the molecule is CC(=O)c1c(C)c2cnc(Nc3ccc(N4CCN(C(=O)N5CCC(CCN6CCN(c7ccc8c(c7)CN(C7CCC(=O)NC7=O)C8=O)CC6)CC5)CC4)cn3)nc2n(C2CCCC2)c1=O. The van der Waals surface area contributed by atoms with E-state index in [1.165, 1.54) is 6.92 Å². The number of likely N-dealkylation sites (tertiary alicyclic amines) is 1. The van der Waals surface area contributed by atoms with Crippen LogP contribution in [-0.4, -0.2) is 147 Å². The maximum atomic E-state index is 13.6. The van der Waals surface area contributed by atoms with E-state index in [-0.39, 0.29) is 53.1 Å². The molecule has 1 aliphatic carbocycles. The van der Waals surface area contributed by atoms with Crippen molar-refractivity contribution in [3.05, 3.63) is 75.3 Å². The number of hydrogen-bond donors (Lipinski definition) is 2. The first-order valence-electron chi connectivity index (χ1n) is 24.2. The van der Waals surface area contributed by atoms with Gasteiger partial charge in [0.05, 0.1) is 17.4 Å². The van der Waals surface area contributed by atoms with E-state index >= 15 is 0 Å². The largest absolute Gasteiger partial charge is 0.369 e. The summed E-state index contributed by atoms with van der Waals surface area (Å²) in [7, 11) is 0. The van der Waals surface area contributed by atoms with Crippen LogP contribution in [-0.2, 0) is 16.1 Å². The third kappa shape index (κ3) is 8.94. The van der Waals surface area contributed by atoms with E-state index in [9.17, 15) is 28.8 Å². The molecule has 2 N–H and O–H groups in total. The van der Waals surface area contributed by atoms with Gasteiger partial charge in [0.2, 0.25) is 17.8 Å². The Morgan fingerprint density at radius 3 is 2.19 bits per heavy atom. The van der Waals surface area contributed by atoms with Gasteiger partial charge in [-0.2, -0.15) is 4.98 Å². The fraction of sp³-hybridized carbons (Fsp3) is 0.531. The zero-order valence-electron chi connectivity index (χ0n) is 38.5. The van der Waals surface area contributed by atoms with Crippen molar-refractivity contribution in [1.82, 2.24) is 44.4 Å². The number of aromatic nitrogens is 4. The Morgan fingerprint density at radius 2 is 1.49 bits per heavy atom. The van der Waals surface area contributed by atoms with E-state index in [0.29, 0.717) is 79.0 Å². The number of anilines is 4. The molecule has 1 aromatic carbocycles. The second-order valence-corrected chi connectivity index (χ2v) is 19.2. The van der Waals surface area contributed by atoms with Crippen LogP contribution in [0.1, 0.15) is 103 Å². The number of Topliss-reactive ketones (excluding diaryl/α,β-unsaturated/α-hetero) is 1. The van der Waals surface area contributed by atoms with Crippen LogP contribution >= 0.6 is 0 Å². The second kappa shape index (κ2) is 18.7. The van der Waals surface area contributed by atoms with E-state index in [4.69, 9.17) is 4.98 Å². The van der Waals surface area contributed by atoms with Gasteiger partial charge < -0.3 is 29.8 Å². The van der Waals surface area contributed by atoms with Crippen molar-refractivity contribution in [3.63, 3.8) is 0 Å². The number of pyridine rings is 2. The summed E-state index contributed by atoms with van der Waals surface area (Å²) in [6.45, 7) is 12.7. The van der Waals surface area contributed by atoms with Crippen molar-refractivity contribution in [3.8, 4) is 0 Å². The van der Waals surface area contributed by atoms with Gasteiger partial charge >= 0.3 is 6.03 Å². The number of urea groups is 1. The number of carbonyl (C=O) groups excluding carboxylic acids is 5. The molecule has 6 aliphatic rings. The number of carbonyl (C=O) groups is 5. The van der Waals surface area contributed by atoms with Crippen molar-refractivity contribution in [2.75, 3.05) is 87.1 Å². The maximum Gasteiger partial charge on any atom is 0.320 e. The number of piperidine rings is 2. The number of ketones is 1. The van der Waals surface area contributed by atoms with E-state index in [1.54, 1.807) is 22.6 Å². The summed E-state index contributed by atoms with van der Waals surface area (Å²) in [6, 6.07) is 9.42. The highest BCUT2D eigenvalue weighted by atomic mass is 16.2. The van der Waals surface area contributed by atoms with E-state index in [2.05, 4.69) is 41.4 Å². The molecule has 67 heavy (non-hydrogen) atoms. The fourth-order valence-electron chi connectivity index (χ4n) is 11.2. The van der Waals surface area contributed by atoms with Crippen LogP contribution in [0.15, 0.2) is 47.5 Å². The zero-order valence-corrected chi connectivity index (χ0v) is 38.5. The molecule has 0 radical (unpaired) electrons. The highest BCUT2D eigenvalue weighted by Crippen LogP contribution is 2.34. The molecular weight excluding hydrogens is 853 g/mol. The lowest BCUT2D eigenvalue weighted by atomic mass is 9.93. The molecule has 0 spiro atoms. The third-order valence-corrected chi connectivity index (χ3v) is 15.1. The molecule has 1 atom stereocenters. The highest BCUT2D eigenvalue weighted by molar-refractivity contribution is 6.05. The van der Waals surface area contributed by atoms with Gasteiger partial charge in [0.15, 0.2) is 5.78 Å². The van der Waals surface area contributed by atoms with Gasteiger partial charge in [0.1, 0.15) is 17.5 Å². The number of aryl methyl sites for hydroxylation is 1. The standard InChI is InChI=1S/C49H60N12O6/c1-31-39-29-51-48(54-44(39)61(35-5-3-4-6-35)47(66)43(31)32(2)62)52-41-11-8-37(28-50-41)57-23-25-59(26-24-57)49(67)58-17-14-33(15-18-58)13-16-55-19-21-56(22-20-55)36-7-9-38-34(27-36)30-60(46(38)65)40-10-12-42(63)53-45(40)64/h7-9,11,27-29,33,35,40H,3-6,10,12-26,30H2,1-2H3,(H,53,63,64)(H,50,51,52,54). The van der Waals surface area contributed by atoms with Crippen LogP contribution in [0, 0.1) is 12.8 Å². The first kappa shape index (κ1) is 44.4. The first-order chi connectivity index (χ1) is 32.5. The molecule has 4 saturated heterocycles. The number of benzene rings is 1. The van der Waals surface area contributed by atoms with Gasteiger partial charge in [-0.1, -0.05) is 12.8 Å². The molecule has 10 rings (SSSR count). The van der Waals surface area contributed by atoms with Crippen molar-refractivity contribution >= 4 is 63.7 Å². The fourth-order valence-corrected chi connectivity index (χ4v) is 11.2. The predicted octanol–water partition coefficient (Wildman–Crippen LogP) is 4.48. The molecule has 4 aromatic rings. The number of piperazine rings is 2. The normalized spacial score (nSPS) is 21.1. The maximum absolute atomic E-state index is 13.6. The molecule has 1 saturated carbocycles. The highest BCUT2D eigenvalue weighted by Gasteiger charge is 2.39. The van der Waals surface area contributed by atoms with Gasteiger partial charge in [0, 0.05) is 107 Å². The number of imide groups is 1. The number of nitrogens with one attached hydrogen (secondary N) is 2. The van der Waals surface area contributed by atoms with Crippen LogP contribution < -0.4 is 26.0 Å². The van der Waals surface area contributed by atoms with Crippen LogP contribution in [0.3, 0.4) is 0 Å². The Kier molecular flexibility index (Phi) is 12.4. The van der Waals surface area contributed by atoms with Crippen molar-refractivity contribution < 1.29 is 24.0 Å². The van der Waals surface area contributed by atoms with Crippen molar-refractivity contribution in [2.45, 2.75) is 90.3 Å². The van der Waals surface area contributed by atoms with E-state index in [0.717, 1.165) is 108 Å². The van der Waals surface area contributed by atoms with Crippen LogP contribution in [0.2, 0.25) is 0 Å². The number of fused-ring (bicyclic) bond motifs is 2. The Labute approximate surface area is 389 Å². The third-order valence-electron chi connectivity index (χ3n) is 15.1. The molecule has 5 fully saturated rings. The quantitative estimate of drug-likeness (QED) is 0.168. The summed E-state index contributed by atoms with van der Waals surface area (Å²) in [6.07, 6.45) is 11.1. The lowest BCUT2D eigenvalue weighted by Gasteiger charge is -2.41. The molecular formula is C49H60N12O6. The summed E-state index contributed by atoms with van der Waals surface area (Å²) in [5.74, 6) is 0.441. The molecule has 8 heterocycles. The Balaban J connectivity index is 0.654. The molecule has 3 aromatic heterocycles. The van der Waals surface area contributed by atoms with E-state index < -0.39 is 6.04 Å². The number of amides is 5. The Morgan fingerprint density at radius 1 is 0.791 bits per heavy atom. The summed E-state index contributed by atoms with van der Waals surface area (Å²) >= 11 is 0. The van der Waals surface area contributed by atoms with Gasteiger partial charge in [-0.3, -0.25) is 38.8 Å². The minimum atomic E-state index is -0.608. The summed E-state index contributed by atoms with van der Waals surface area (Å²) in [5.41, 5.74) is 4.72. The minimum absolute atomic E-state index is 0.000273. The summed E-state index contributed by atoms with van der Waals surface area (Å²) < 4.78 is 1.71. The predicted molar refractivity (Wildman–Crippen MR) is 253 cm³/mol. The molecule has 5 aliphatic heterocycles. The summed E-state index contributed by atoms with van der Waals surface area (Å²) in [4.78, 5) is 104. The molecule has 5 amide bonds. The minimum Gasteiger partial charge on any atom is -0.369 e. The monoisotopic (exact) mass is 912 g/mol.